The van der Waals surface area contributed by atoms with E-state index in [0.29, 0.717) is 18.8 Å². The maximum absolute atomic E-state index is 12.3. The molecule has 0 saturated heterocycles. The smallest absolute Gasteiger partial charge is 0.228 e. The van der Waals surface area contributed by atoms with Crippen LogP contribution in [-0.4, -0.2) is 27.4 Å². The van der Waals surface area contributed by atoms with Crippen LogP contribution in [0.3, 0.4) is 0 Å². The highest BCUT2D eigenvalue weighted by Gasteiger charge is 2.21. The summed E-state index contributed by atoms with van der Waals surface area (Å²) in [5, 5.41) is 9.55. The lowest BCUT2D eigenvalue weighted by Crippen LogP contribution is -2.37. The highest BCUT2D eigenvalue weighted by Crippen LogP contribution is 2.23. The van der Waals surface area contributed by atoms with Crippen LogP contribution in [0.1, 0.15) is 16.8 Å². The van der Waals surface area contributed by atoms with E-state index < -0.39 is 0 Å². The molecule has 1 amide bonds. The van der Waals surface area contributed by atoms with Gasteiger partial charge in [-0.15, -0.1) is 12.4 Å². The minimum atomic E-state index is 0. The number of amides is 1. The monoisotopic (exact) mass is 319 g/mol. The number of hydrogen-bond donors (Lipinski definition) is 2. The van der Waals surface area contributed by atoms with Crippen LogP contribution in [0.4, 0.5) is 5.69 Å². The number of carbonyl (C=O) groups excluding carboxylic acids is 1. The summed E-state index contributed by atoms with van der Waals surface area (Å²) in [4.78, 5) is 18.3. The van der Waals surface area contributed by atoms with E-state index in [1.54, 1.807) is 35.4 Å². The topological polar surface area (TPSA) is 79.5 Å². The lowest BCUT2D eigenvalue weighted by atomic mass is 9.99. The second kappa shape index (κ2) is 6.66. The van der Waals surface area contributed by atoms with Crippen molar-refractivity contribution < 1.29 is 9.90 Å². The van der Waals surface area contributed by atoms with Gasteiger partial charge in [-0.05, 0) is 41.8 Å². The van der Waals surface area contributed by atoms with Crippen molar-refractivity contribution in [3.63, 3.8) is 0 Å². The summed E-state index contributed by atoms with van der Waals surface area (Å²) in [7, 11) is 0. The number of pyridine rings is 1. The van der Waals surface area contributed by atoms with Crippen LogP contribution in [0, 0.1) is 0 Å². The van der Waals surface area contributed by atoms with Crippen molar-refractivity contribution in [2.24, 2.45) is 0 Å². The zero-order valence-electron chi connectivity index (χ0n) is 12.0. The molecule has 3 N–H and O–H groups in total. The molecule has 0 unspecified atom stereocenters. The van der Waals surface area contributed by atoms with E-state index in [1.165, 1.54) is 5.56 Å². The minimum Gasteiger partial charge on any atom is -0.508 e. The number of phenolic OH excluding ortho intramolecular Hbond substituents is 1. The molecule has 0 atom stereocenters. The molecule has 1 aliphatic heterocycles. The zero-order chi connectivity index (χ0) is 14.8. The quantitative estimate of drug-likeness (QED) is 0.886. The summed E-state index contributed by atoms with van der Waals surface area (Å²) in [6.45, 7) is 1.24. The van der Waals surface area contributed by atoms with Gasteiger partial charge in [0.05, 0.1) is 18.3 Å². The fourth-order valence-corrected chi connectivity index (χ4v) is 2.56. The van der Waals surface area contributed by atoms with Crippen LogP contribution >= 0.6 is 12.4 Å². The first-order valence-corrected chi connectivity index (χ1v) is 6.91. The molecule has 0 aliphatic carbocycles. The van der Waals surface area contributed by atoms with E-state index in [4.69, 9.17) is 5.73 Å². The molecule has 0 fully saturated rings. The molecule has 1 aliphatic rings. The second-order valence-electron chi connectivity index (χ2n) is 5.28. The molecular formula is C16H18ClN3O2. The van der Waals surface area contributed by atoms with Gasteiger partial charge in [0.25, 0.3) is 0 Å². The molecule has 116 valence electrons. The molecular weight excluding hydrogens is 302 g/mol. The Bertz CT molecular complexity index is 674. The number of rotatable bonds is 2. The first-order chi connectivity index (χ1) is 10.1. The van der Waals surface area contributed by atoms with Crippen molar-refractivity contribution in [1.82, 2.24) is 9.88 Å². The van der Waals surface area contributed by atoms with E-state index in [2.05, 4.69) is 4.98 Å². The molecule has 0 bridgehead atoms. The number of hydrogen-bond acceptors (Lipinski definition) is 4. The SMILES string of the molecule is Cl.Nc1ccc(CC(=O)N2CCc3ccc(O)cc3C2)nc1. The summed E-state index contributed by atoms with van der Waals surface area (Å²) in [6, 6.07) is 8.87. The van der Waals surface area contributed by atoms with Crippen LogP contribution < -0.4 is 5.73 Å². The molecule has 0 spiro atoms. The maximum atomic E-state index is 12.3. The fraction of sp³-hybridized carbons (Fsp3) is 0.250. The number of nitrogens with two attached hydrogens (primary N) is 1. The van der Waals surface area contributed by atoms with E-state index >= 15 is 0 Å². The van der Waals surface area contributed by atoms with Gasteiger partial charge in [0.2, 0.25) is 5.91 Å². The second-order valence-corrected chi connectivity index (χ2v) is 5.28. The highest BCUT2D eigenvalue weighted by molar-refractivity contribution is 5.85. The van der Waals surface area contributed by atoms with E-state index in [-0.39, 0.29) is 30.5 Å². The number of nitrogens with zero attached hydrogens (tertiary/aromatic N) is 2. The number of fused-ring (bicyclic) bond motifs is 1. The van der Waals surface area contributed by atoms with Crippen molar-refractivity contribution in [2.75, 3.05) is 12.3 Å². The first kappa shape index (κ1) is 16.1. The van der Waals surface area contributed by atoms with Gasteiger partial charge in [-0.3, -0.25) is 9.78 Å². The number of aromatic nitrogens is 1. The van der Waals surface area contributed by atoms with Gasteiger partial charge >= 0.3 is 0 Å². The summed E-state index contributed by atoms with van der Waals surface area (Å²) < 4.78 is 0. The summed E-state index contributed by atoms with van der Waals surface area (Å²) in [5.74, 6) is 0.282. The largest absolute Gasteiger partial charge is 0.508 e. The van der Waals surface area contributed by atoms with Gasteiger partial charge in [-0.2, -0.15) is 0 Å². The van der Waals surface area contributed by atoms with Crippen molar-refractivity contribution in [3.05, 3.63) is 53.3 Å². The lowest BCUT2D eigenvalue weighted by molar-refractivity contribution is -0.131. The minimum absolute atomic E-state index is 0. The highest BCUT2D eigenvalue weighted by atomic mass is 35.5. The Morgan fingerprint density at radius 3 is 2.82 bits per heavy atom. The third-order valence-corrected chi connectivity index (χ3v) is 3.73. The Morgan fingerprint density at radius 2 is 2.09 bits per heavy atom. The van der Waals surface area contributed by atoms with Gasteiger partial charge in [-0.1, -0.05) is 6.07 Å². The van der Waals surface area contributed by atoms with Crippen molar-refractivity contribution >= 4 is 24.0 Å². The van der Waals surface area contributed by atoms with E-state index in [0.717, 1.165) is 17.7 Å². The molecule has 5 nitrogen and oxygen atoms in total. The number of anilines is 1. The predicted molar refractivity (Wildman–Crippen MR) is 86.8 cm³/mol. The average molecular weight is 320 g/mol. The molecule has 0 saturated carbocycles. The zero-order valence-corrected chi connectivity index (χ0v) is 12.8. The molecule has 1 aromatic heterocycles. The lowest BCUT2D eigenvalue weighted by Gasteiger charge is -2.29. The fourth-order valence-electron chi connectivity index (χ4n) is 2.56. The number of phenols is 1. The molecule has 3 rings (SSSR count). The molecule has 2 heterocycles. The number of aromatic hydroxyl groups is 1. The third-order valence-electron chi connectivity index (χ3n) is 3.73. The van der Waals surface area contributed by atoms with Crippen LogP contribution in [-0.2, 0) is 24.2 Å². The van der Waals surface area contributed by atoms with Crippen molar-refractivity contribution in [2.45, 2.75) is 19.4 Å². The van der Waals surface area contributed by atoms with Gasteiger partial charge in [0.1, 0.15) is 5.75 Å². The normalized spacial score (nSPS) is 13.2. The maximum Gasteiger partial charge on any atom is 0.228 e. The Hall–Kier alpha value is -2.27. The van der Waals surface area contributed by atoms with Crippen LogP contribution in [0.25, 0.3) is 0 Å². The van der Waals surface area contributed by atoms with E-state index in [1.807, 2.05) is 6.07 Å². The van der Waals surface area contributed by atoms with Gasteiger partial charge < -0.3 is 15.7 Å². The average Bonchev–Trinajstić information content (AvgIpc) is 2.48. The van der Waals surface area contributed by atoms with E-state index in [9.17, 15) is 9.90 Å². The summed E-state index contributed by atoms with van der Waals surface area (Å²) in [6.07, 6.45) is 2.65. The Balaban J connectivity index is 0.00000176. The first-order valence-electron chi connectivity index (χ1n) is 6.91. The van der Waals surface area contributed by atoms with Crippen molar-refractivity contribution in [3.8, 4) is 5.75 Å². The summed E-state index contributed by atoms with van der Waals surface area (Å²) in [5.41, 5.74) is 9.11. The third kappa shape index (κ3) is 3.49. The Labute approximate surface area is 135 Å². The van der Waals surface area contributed by atoms with Crippen LogP contribution in [0.2, 0.25) is 0 Å². The molecule has 1 aromatic carbocycles. The predicted octanol–water partition coefficient (Wildman–Crippen LogP) is 1.92. The number of halogens is 1. The van der Waals surface area contributed by atoms with Crippen molar-refractivity contribution in [1.29, 1.82) is 0 Å². The molecule has 6 heteroatoms. The number of carbonyl (C=O) groups is 1. The Kier molecular flexibility index (Phi) is 4.88. The van der Waals surface area contributed by atoms with Crippen LogP contribution in [0.5, 0.6) is 5.75 Å². The molecule has 0 radical (unpaired) electrons. The Morgan fingerprint density at radius 1 is 1.27 bits per heavy atom. The molecule has 2 aromatic rings. The number of nitrogen functional groups attached to an aromatic ring is 1. The summed E-state index contributed by atoms with van der Waals surface area (Å²) >= 11 is 0. The standard InChI is InChI=1S/C16H17N3O2.ClH/c17-13-2-3-14(18-9-13)8-16(21)19-6-5-11-1-4-15(20)7-12(11)10-19;/h1-4,7,9,20H,5-6,8,10,17H2;1H. The van der Waals surface area contributed by atoms with Gasteiger partial charge in [0.15, 0.2) is 0 Å². The number of benzene rings is 1. The van der Waals surface area contributed by atoms with Gasteiger partial charge in [-0.25, -0.2) is 0 Å². The molecule has 22 heavy (non-hydrogen) atoms. The van der Waals surface area contributed by atoms with Crippen LogP contribution in [0.15, 0.2) is 36.5 Å². The van der Waals surface area contributed by atoms with Gasteiger partial charge in [0, 0.05) is 18.8 Å².